The largest absolute Gasteiger partial charge is 0.573 e. The Morgan fingerprint density at radius 1 is 1.14 bits per heavy atom. The lowest BCUT2D eigenvalue weighted by Crippen LogP contribution is -2.19. The Balaban J connectivity index is 3.09. The quantitative estimate of drug-likeness (QED) is 0.874. The van der Waals surface area contributed by atoms with Gasteiger partial charge in [-0.3, -0.25) is 0 Å². The highest BCUT2D eigenvalue weighted by molar-refractivity contribution is 5.38. The zero-order chi connectivity index (χ0) is 16.3. The second-order valence-corrected chi connectivity index (χ2v) is 6.55. The molecule has 0 radical (unpaired) electrons. The third kappa shape index (κ3) is 6.38. The second-order valence-electron chi connectivity index (χ2n) is 6.55. The summed E-state index contributed by atoms with van der Waals surface area (Å²) in [5.74, 6) is 0.175. The van der Waals surface area contributed by atoms with Crippen LogP contribution in [-0.4, -0.2) is 12.9 Å². The average Bonchev–Trinajstić information content (AvgIpc) is 2.24. The number of nitrogens with two attached hydrogens (primary N) is 1. The van der Waals surface area contributed by atoms with E-state index in [-0.39, 0.29) is 11.2 Å². The third-order valence-electron chi connectivity index (χ3n) is 3.31. The van der Waals surface area contributed by atoms with E-state index in [0.29, 0.717) is 18.9 Å². The summed E-state index contributed by atoms with van der Waals surface area (Å²) in [6.45, 7) is 8.51. The average molecular weight is 303 g/mol. The second kappa shape index (κ2) is 6.69. The Morgan fingerprint density at radius 2 is 1.76 bits per heavy atom. The van der Waals surface area contributed by atoms with E-state index in [1.807, 2.05) is 33.8 Å². The van der Waals surface area contributed by atoms with Crippen LogP contribution in [0, 0.1) is 5.92 Å². The maximum Gasteiger partial charge on any atom is 0.573 e. The van der Waals surface area contributed by atoms with Crippen LogP contribution in [0.5, 0.6) is 5.75 Å². The minimum atomic E-state index is -4.67. The molecule has 2 nitrogen and oxygen atoms in total. The molecule has 1 aromatic carbocycles. The van der Waals surface area contributed by atoms with Crippen molar-refractivity contribution in [3.63, 3.8) is 0 Å². The first kappa shape index (κ1) is 17.8. The molecule has 0 saturated carbocycles. The van der Waals surface area contributed by atoms with Crippen LogP contribution < -0.4 is 10.5 Å². The Bertz CT molecular complexity index is 464. The molecule has 1 aromatic rings. The predicted octanol–water partition coefficient (Wildman–Crippen LogP) is 4.41. The number of ether oxygens (including phenoxy) is 1. The van der Waals surface area contributed by atoms with E-state index in [2.05, 4.69) is 4.74 Å². The lowest BCUT2D eigenvalue weighted by Gasteiger charge is -2.22. The summed E-state index contributed by atoms with van der Waals surface area (Å²) in [7, 11) is 0. The van der Waals surface area contributed by atoms with Gasteiger partial charge in [-0.05, 0) is 54.0 Å². The summed E-state index contributed by atoms with van der Waals surface area (Å²) >= 11 is 0. The van der Waals surface area contributed by atoms with Gasteiger partial charge in [0.15, 0.2) is 0 Å². The minimum absolute atomic E-state index is 0.148. The van der Waals surface area contributed by atoms with Gasteiger partial charge in [-0.2, -0.15) is 0 Å². The van der Waals surface area contributed by atoms with E-state index in [4.69, 9.17) is 5.73 Å². The van der Waals surface area contributed by atoms with E-state index in [0.717, 1.165) is 17.5 Å². The zero-order valence-corrected chi connectivity index (χ0v) is 13.1. The van der Waals surface area contributed by atoms with Gasteiger partial charge >= 0.3 is 6.36 Å². The maximum atomic E-state index is 12.4. The van der Waals surface area contributed by atoms with Gasteiger partial charge in [0.25, 0.3) is 0 Å². The van der Waals surface area contributed by atoms with Crippen LogP contribution in [0.2, 0.25) is 0 Å². The number of rotatable bonds is 5. The molecule has 2 N–H and O–H groups in total. The van der Waals surface area contributed by atoms with E-state index in [1.54, 1.807) is 0 Å². The predicted molar refractivity (Wildman–Crippen MR) is 78.4 cm³/mol. The van der Waals surface area contributed by atoms with Crippen molar-refractivity contribution in [2.24, 2.45) is 11.7 Å². The molecule has 120 valence electrons. The van der Waals surface area contributed by atoms with Gasteiger partial charge in [-0.15, -0.1) is 13.2 Å². The van der Waals surface area contributed by atoms with Gasteiger partial charge < -0.3 is 10.5 Å². The van der Waals surface area contributed by atoms with Crippen LogP contribution >= 0.6 is 0 Å². The lowest BCUT2D eigenvalue weighted by molar-refractivity contribution is -0.274. The Hall–Kier alpha value is -1.23. The van der Waals surface area contributed by atoms with Crippen molar-refractivity contribution in [1.82, 2.24) is 0 Å². The summed E-state index contributed by atoms with van der Waals surface area (Å²) in [4.78, 5) is 0. The van der Waals surface area contributed by atoms with E-state index >= 15 is 0 Å². The van der Waals surface area contributed by atoms with Gasteiger partial charge in [0, 0.05) is 0 Å². The highest BCUT2D eigenvalue weighted by Gasteiger charge is 2.31. The summed E-state index contributed by atoms with van der Waals surface area (Å²) in [5.41, 5.74) is 6.96. The fourth-order valence-electron chi connectivity index (χ4n) is 2.19. The van der Waals surface area contributed by atoms with Crippen molar-refractivity contribution in [2.75, 3.05) is 6.54 Å². The van der Waals surface area contributed by atoms with E-state index in [1.165, 1.54) is 12.1 Å². The SMILES string of the molecule is CC(CCN)Cc1cc(OC(F)(F)F)cc(C(C)(C)C)c1. The van der Waals surface area contributed by atoms with Crippen LogP contribution in [-0.2, 0) is 11.8 Å². The highest BCUT2D eigenvalue weighted by atomic mass is 19.4. The smallest absolute Gasteiger partial charge is 0.406 e. The van der Waals surface area contributed by atoms with Gasteiger partial charge in [0.1, 0.15) is 5.75 Å². The molecule has 1 atom stereocenters. The topological polar surface area (TPSA) is 35.2 Å². The number of hydrogen-bond donors (Lipinski definition) is 1. The first-order valence-electron chi connectivity index (χ1n) is 7.11. The highest BCUT2D eigenvalue weighted by Crippen LogP contribution is 2.31. The number of halogens is 3. The number of alkyl halides is 3. The summed E-state index contributed by atoms with van der Waals surface area (Å²) < 4.78 is 41.4. The first-order chi connectivity index (χ1) is 9.51. The van der Waals surface area contributed by atoms with Crippen molar-refractivity contribution in [3.05, 3.63) is 29.3 Å². The van der Waals surface area contributed by atoms with Crippen LogP contribution in [0.3, 0.4) is 0 Å². The Morgan fingerprint density at radius 3 is 2.24 bits per heavy atom. The van der Waals surface area contributed by atoms with Crippen LogP contribution in [0.1, 0.15) is 45.2 Å². The van der Waals surface area contributed by atoms with Gasteiger partial charge in [0.05, 0.1) is 0 Å². The Kier molecular flexibility index (Phi) is 5.68. The standard InChI is InChI=1S/C16H24F3NO/c1-11(5-6-20)7-12-8-13(15(2,3)4)10-14(9-12)21-16(17,18)19/h8-11H,5-7,20H2,1-4H3. The zero-order valence-electron chi connectivity index (χ0n) is 13.1. The van der Waals surface area contributed by atoms with Gasteiger partial charge in [-0.1, -0.05) is 33.8 Å². The fourth-order valence-corrected chi connectivity index (χ4v) is 2.19. The molecule has 0 aliphatic carbocycles. The summed E-state index contributed by atoms with van der Waals surface area (Å²) in [5, 5.41) is 0. The molecular formula is C16H24F3NO. The van der Waals surface area contributed by atoms with Crippen LogP contribution in [0.25, 0.3) is 0 Å². The third-order valence-corrected chi connectivity index (χ3v) is 3.31. The monoisotopic (exact) mass is 303 g/mol. The molecule has 0 aliphatic rings. The summed E-state index contributed by atoms with van der Waals surface area (Å²) in [6.07, 6.45) is -3.14. The number of benzene rings is 1. The molecule has 5 heteroatoms. The van der Waals surface area contributed by atoms with Crippen molar-refractivity contribution < 1.29 is 17.9 Å². The molecule has 0 aromatic heterocycles. The maximum absolute atomic E-state index is 12.4. The molecule has 0 saturated heterocycles. The minimum Gasteiger partial charge on any atom is -0.406 e. The van der Waals surface area contributed by atoms with Gasteiger partial charge in [0.2, 0.25) is 0 Å². The molecule has 0 fully saturated rings. The molecule has 21 heavy (non-hydrogen) atoms. The molecule has 0 heterocycles. The fraction of sp³-hybridized carbons (Fsp3) is 0.625. The Labute approximate surface area is 124 Å². The van der Waals surface area contributed by atoms with Crippen molar-refractivity contribution in [3.8, 4) is 5.75 Å². The molecule has 1 unspecified atom stereocenters. The normalized spacial score (nSPS) is 14.1. The van der Waals surface area contributed by atoms with E-state index in [9.17, 15) is 13.2 Å². The van der Waals surface area contributed by atoms with Crippen molar-refractivity contribution in [2.45, 2.75) is 52.3 Å². The molecule has 0 bridgehead atoms. The molecule has 0 spiro atoms. The number of hydrogen-bond acceptors (Lipinski definition) is 2. The van der Waals surface area contributed by atoms with E-state index < -0.39 is 6.36 Å². The van der Waals surface area contributed by atoms with Crippen LogP contribution in [0.4, 0.5) is 13.2 Å². The van der Waals surface area contributed by atoms with Crippen molar-refractivity contribution >= 4 is 0 Å². The van der Waals surface area contributed by atoms with Crippen LogP contribution in [0.15, 0.2) is 18.2 Å². The molecular weight excluding hydrogens is 279 g/mol. The summed E-state index contributed by atoms with van der Waals surface area (Å²) in [6, 6.07) is 4.89. The van der Waals surface area contributed by atoms with Gasteiger partial charge in [-0.25, -0.2) is 0 Å². The van der Waals surface area contributed by atoms with Crippen molar-refractivity contribution in [1.29, 1.82) is 0 Å². The first-order valence-corrected chi connectivity index (χ1v) is 7.11. The lowest BCUT2D eigenvalue weighted by atomic mass is 9.85. The molecule has 1 rings (SSSR count). The molecule has 0 amide bonds. The molecule has 0 aliphatic heterocycles.